The van der Waals surface area contributed by atoms with Gasteiger partial charge < -0.3 is 21.1 Å². The van der Waals surface area contributed by atoms with Crippen molar-refractivity contribution < 1.29 is 24.3 Å². The maximum absolute atomic E-state index is 12.3. The lowest BCUT2D eigenvalue weighted by molar-refractivity contribution is -0.144. The predicted octanol–water partition coefficient (Wildman–Crippen LogP) is -0.278. The largest absolute Gasteiger partial charge is 0.480 e. The summed E-state index contributed by atoms with van der Waals surface area (Å²) in [5, 5.41) is 25.3. The molecule has 28 heavy (non-hydrogen) atoms. The first-order valence-electron chi connectivity index (χ1n) is 8.85. The average molecular weight is 386 g/mol. The molecule has 2 rings (SSSR count). The van der Waals surface area contributed by atoms with Gasteiger partial charge in [0.25, 0.3) is 0 Å². The van der Waals surface area contributed by atoms with Crippen LogP contribution in [0.15, 0.2) is 30.3 Å². The minimum absolute atomic E-state index is 0.0426. The summed E-state index contributed by atoms with van der Waals surface area (Å²) >= 11 is 0. The van der Waals surface area contributed by atoms with Gasteiger partial charge in [0.2, 0.25) is 17.7 Å². The monoisotopic (exact) mass is 386 g/mol. The van der Waals surface area contributed by atoms with Crippen molar-refractivity contribution in [1.29, 1.82) is 5.26 Å². The molecule has 0 aliphatic carbocycles. The summed E-state index contributed by atoms with van der Waals surface area (Å²) in [4.78, 5) is 48.0. The highest BCUT2D eigenvalue weighted by molar-refractivity contribution is 5.99. The van der Waals surface area contributed by atoms with Crippen LogP contribution in [0.5, 0.6) is 0 Å². The smallest absolute Gasteiger partial charge is 0.326 e. The molecule has 1 aromatic carbocycles. The van der Waals surface area contributed by atoms with Crippen LogP contribution in [0.3, 0.4) is 0 Å². The SMILES string of the molecule is C[C@H](CC#N)[C@H](NC(=O)C[C@@H]1NC(=O)[C@H](Cc2ccccc2)NC1=O)C(=O)O. The summed E-state index contributed by atoms with van der Waals surface area (Å²) in [5.74, 6) is -3.48. The van der Waals surface area contributed by atoms with Crippen LogP contribution >= 0.6 is 0 Å². The van der Waals surface area contributed by atoms with Crippen molar-refractivity contribution >= 4 is 23.7 Å². The lowest BCUT2D eigenvalue weighted by atomic mass is 9.98. The first-order chi connectivity index (χ1) is 13.3. The molecule has 1 saturated heterocycles. The molecule has 9 nitrogen and oxygen atoms in total. The Morgan fingerprint density at radius 3 is 2.39 bits per heavy atom. The molecule has 9 heteroatoms. The molecule has 4 N–H and O–H groups in total. The Kier molecular flexibility index (Phi) is 7.09. The number of amides is 3. The van der Waals surface area contributed by atoms with E-state index < -0.39 is 54.2 Å². The molecule has 0 spiro atoms. The summed E-state index contributed by atoms with van der Waals surface area (Å²) in [7, 11) is 0. The van der Waals surface area contributed by atoms with E-state index in [1.165, 1.54) is 6.92 Å². The van der Waals surface area contributed by atoms with Crippen molar-refractivity contribution in [3.05, 3.63) is 35.9 Å². The molecule has 1 heterocycles. The van der Waals surface area contributed by atoms with E-state index in [2.05, 4.69) is 16.0 Å². The second-order valence-corrected chi connectivity index (χ2v) is 6.74. The Morgan fingerprint density at radius 2 is 1.79 bits per heavy atom. The number of carboxylic acid groups (broad SMARTS) is 1. The van der Waals surface area contributed by atoms with Crippen molar-refractivity contribution in [2.75, 3.05) is 0 Å². The van der Waals surface area contributed by atoms with E-state index >= 15 is 0 Å². The van der Waals surface area contributed by atoms with Crippen molar-refractivity contribution in [2.45, 2.75) is 44.3 Å². The molecule has 0 saturated carbocycles. The molecule has 0 unspecified atom stereocenters. The van der Waals surface area contributed by atoms with Gasteiger partial charge in [0, 0.05) is 18.8 Å². The summed E-state index contributed by atoms with van der Waals surface area (Å²) < 4.78 is 0. The number of hydrogen-bond acceptors (Lipinski definition) is 5. The van der Waals surface area contributed by atoms with Crippen LogP contribution in [0.2, 0.25) is 0 Å². The molecule has 1 aliphatic rings. The Balaban J connectivity index is 1.93. The number of nitriles is 1. The van der Waals surface area contributed by atoms with E-state index in [0.717, 1.165) is 5.56 Å². The summed E-state index contributed by atoms with van der Waals surface area (Å²) in [6.07, 6.45) is -0.109. The van der Waals surface area contributed by atoms with E-state index in [9.17, 15) is 24.3 Å². The van der Waals surface area contributed by atoms with Crippen molar-refractivity contribution in [2.24, 2.45) is 5.92 Å². The number of carboxylic acids is 1. The molecule has 4 atom stereocenters. The van der Waals surface area contributed by atoms with Gasteiger partial charge in [-0.3, -0.25) is 14.4 Å². The highest BCUT2D eigenvalue weighted by Gasteiger charge is 2.36. The molecule has 1 fully saturated rings. The third-order valence-electron chi connectivity index (χ3n) is 4.50. The first kappa shape index (κ1) is 20.9. The fraction of sp³-hybridized carbons (Fsp3) is 0.421. The second-order valence-electron chi connectivity index (χ2n) is 6.74. The minimum atomic E-state index is -1.27. The first-order valence-corrected chi connectivity index (χ1v) is 8.85. The number of hydrogen-bond donors (Lipinski definition) is 4. The minimum Gasteiger partial charge on any atom is -0.480 e. The zero-order valence-corrected chi connectivity index (χ0v) is 15.3. The summed E-state index contributed by atoms with van der Waals surface area (Å²) in [6, 6.07) is 7.98. The van der Waals surface area contributed by atoms with Gasteiger partial charge in [0.1, 0.15) is 18.1 Å². The van der Waals surface area contributed by atoms with E-state index in [1.807, 2.05) is 36.4 Å². The standard InChI is InChI=1S/C19H22N4O5/c1-11(7-8-20)16(19(27)28)23-15(24)10-14-18(26)21-13(17(25)22-14)9-12-5-3-2-4-6-12/h2-6,11,13-14,16H,7,9-10H2,1H3,(H,21,26)(H,22,25)(H,23,24)(H,27,28)/t11-,13+,14+,16+/m1/s1. The molecule has 3 amide bonds. The molecule has 1 aromatic rings. The highest BCUT2D eigenvalue weighted by Crippen LogP contribution is 2.11. The van der Waals surface area contributed by atoms with Crippen LogP contribution in [-0.2, 0) is 25.6 Å². The van der Waals surface area contributed by atoms with E-state index in [1.54, 1.807) is 0 Å². The van der Waals surface area contributed by atoms with Crippen LogP contribution in [0.4, 0.5) is 0 Å². The lowest BCUT2D eigenvalue weighted by Crippen LogP contribution is -2.63. The normalized spacial score (nSPS) is 20.9. The number of nitrogens with one attached hydrogen (secondary N) is 3. The van der Waals surface area contributed by atoms with Gasteiger partial charge in [-0.1, -0.05) is 37.3 Å². The van der Waals surface area contributed by atoms with E-state index in [4.69, 9.17) is 5.26 Å². The quantitative estimate of drug-likeness (QED) is 0.483. The molecular weight excluding hydrogens is 364 g/mol. The Morgan fingerprint density at radius 1 is 1.18 bits per heavy atom. The van der Waals surface area contributed by atoms with Crippen molar-refractivity contribution in [1.82, 2.24) is 16.0 Å². The van der Waals surface area contributed by atoms with Gasteiger partial charge in [0.05, 0.1) is 12.5 Å². The zero-order valence-electron chi connectivity index (χ0n) is 15.3. The Labute approximate surface area is 162 Å². The number of nitrogens with zero attached hydrogens (tertiary/aromatic N) is 1. The van der Waals surface area contributed by atoms with Gasteiger partial charge in [0.15, 0.2) is 0 Å². The van der Waals surface area contributed by atoms with Crippen LogP contribution in [0.25, 0.3) is 0 Å². The predicted molar refractivity (Wildman–Crippen MR) is 97.6 cm³/mol. The van der Waals surface area contributed by atoms with Crippen LogP contribution < -0.4 is 16.0 Å². The second kappa shape index (κ2) is 9.50. The number of aliphatic carboxylic acids is 1. The fourth-order valence-corrected chi connectivity index (χ4v) is 2.94. The van der Waals surface area contributed by atoms with E-state index in [-0.39, 0.29) is 6.42 Å². The van der Waals surface area contributed by atoms with Gasteiger partial charge in [-0.2, -0.15) is 5.26 Å². The highest BCUT2D eigenvalue weighted by atomic mass is 16.4. The average Bonchev–Trinajstić information content (AvgIpc) is 2.64. The number of benzene rings is 1. The molecule has 0 aromatic heterocycles. The van der Waals surface area contributed by atoms with Crippen molar-refractivity contribution in [3.63, 3.8) is 0 Å². The maximum atomic E-state index is 12.3. The molecule has 1 aliphatic heterocycles. The van der Waals surface area contributed by atoms with Gasteiger partial charge >= 0.3 is 5.97 Å². The zero-order chi connectivity index (χ0) is 20.7. The molecule has 0 radical (unpaired) electrons. The van der Waals surface area contributed by atoms with Crippen molar-refractivity contribution in [3.8, 4) is 6.07 Å². The maximum Gasteiger partial charge on any atom is 0.326 e. The summed E-state index contributed by atoms with van der Waals surface area (Å²) in [5.41, 5.74) is 0.884. The lowest BCUT2D eigenvalue weighted by Gasteiger charge is -2.30. The topological polar surface area (TPSA) is 148 Å². The number of piperazine rings is 1. The van der Waals surface area contributed by atoms with Gasteiger partial charge in [-0.15, -0.1) is 0 Å². The number of carbonyl (C=O) groups is 4. The van der Waals surface area contributed by atoms with Crippen LogP contribution in [0.1, 0.15) is 25.3 Å². The Bertz CT molecular complexity index is 789. The number of rotatable bonds is 8. The van der Waals surface area contributed by atoms with Gasteiger partial charge in [-0.25, -0.2) is 4.79 Å². The molecular formula is C19H22N4O5. The summed E-state index contributed by atoms with van der Waals surface area (Å²) in [6.45, 7) is 1.53. The van der Waals surface area contributed by atoms with Gasteiger partial charge in [-0.05, 0) is 5.56 Å². The molecule has 148 valence electrons. The van der Waals surface area contributed by atoms with Crippen LogP contribution in [-0.4, -0.2) is 46.9 Å². The Hall–Kier alpha value is -3.41. The fourth-order valence-electron chi connectivity index (χ4n) is 2.94. The van der Waals surface area contributed by atoms with E-state index in [0.29, 0.717) is 6.42 Å². The number of carbonyl (C=O) groups excluding carboxylic acids is 3. The molecule has 0 bridgehead atoms. The van der Waals surface area contributed by atoms with Crippen LogP contribution in [0, 0.1) is 17.2 Å². The third-order valence-corrected chi connectivity index (χ3v) is 4.50. The third kappa shape index (κ3) is 5.54.